The van der Waals surface area contributed by atoms with E-state index in [-0.39, 0.29) is 5.56 Å². The van der Waals surface area contributed by atoms with Crippen LogP contribution in [0.1, 0.15) is 32.4 Å². The van der Waals surface area contributed by atoms with Crippen molar-refractivity contribution in [3.63, 3.8) is 0 Å². The first-order valence-electron chi connectivity index (χ1n) is 10.5. The topological polar surface area (TPSA) is 98.4 Å². The Labute approximate surface area is 207 Å². The highest BCUT2D eigenvalue weighted by atomic mass is 35.5. The first-order valence-corrected chi connectivity index (χ1v) is 10.9. The second-order valence-electron chi connectivity index (χ2n) is 7.54. The number of halogens is 1. The lowest BCUT2D eigenvalue weighted by Crippen LogP contribution is -2.52. The fourth-order valence-corrected chi connectivity index (χ4v) is 3.97. The number of benzene rings is 3. The third kappa shape index (κ3) is 4.63. The van der Waals surface area contributed by atoms with Crippen LogP contribution in [-0.2, 0) is 0 Å². The average molecular weight is 498 g/mol. The molecule has 3 aromatic carbocycles. The largest absolute Gasteiger partial charge is 0.497 e. The summed E-state index contributed by atoms with van der Waals surface area (Å²) in [5.41, 5.74) is 4.57. The molecule has 182 valence electrons. The predicted molar refractivity (Wildman–Crippen MR) is 131 cm³/mol. The highest BCUT2D eigenvalue weighted by Gasteiger charge is 2.35. The van der Waals surface area contributed by atoms with E-state index in [1.165, 1.54) is 38.5 Å². The van der Waals surface area contributed by atoms with Crippen molar-refractivity contribution in [2.24, 2.45) is 0 Å². The van der Waals surface area contributed by atoms with Gasteiger partial charge in [0, 0.05) is 16.3 Å². The number of nitrogens with zero attached hydrogens (tertiary/aromatic N) is 1. The smallest absolute Gasteiger partial charge is 0.276 e. The highest BCUT2D eigenvalue weighted by Crippen LogP contribution is 2.39. The molecule has 0 fully saturated rings. The van der Waals surface area contributed by atoms with Gasteiger partial charge in [0.05, 0.1) is 34.0 Å². The molecule has 1 aliphatic heterocycles. The van der Waals surface area contributed by atoms with Gasteiger partial charge in [0.25, 0.3) is 11.8 Å². The Hall–Kier alpha value is -4.11. The third-order valence-corrected chi connectivity index (χ3v) is 5.80. The first kappa shape index (κ1) is 24.0. The molecule has 3 aromatic rings. The van der Waals surface area contributed by atoms with Gasteiger partial charge in [0.2, 0.25) is 5.75 Å². The van der Waals surface area contributed by atoms with Crippen LogP contribution in [-0.4, -0.2) is 45.3 Å². The summed E-state index contributed by atoms with van der Waals surface area (Å²) < 4.78 is 21.3. The summed E-state index contributed by atoms with van der Waals surface area (Å²) >= 11 is 6.13. The van der Waals surface area contributed by atoms with Gasteiger partial charge < -0.3 is 24.3 Å². The number of amides is 2. The van der Waals surface area contributed by atoms with E-state index in [9.17, 15) is 9.59 Å². The Bertz CT molecular complexity index is 1240. The van der Waals surface area contributed by atoms with E-state index in [0.29, 0.717) is 39.3 Å². The Morgan fingerprint density at radius 1 is 0.914 bits per heavy atom. The summed E-state index contributed by atoms with van der Waals surface area (Å²) in [5.74, 6) is 0.650. The van der Waals surface area contributed by atoms with Gasteiger partial charge >= 0.3 is 0 Å². The number of methoxy groups -OCH3 is 4. The number of fused-ring (bicyclic) bond motifs is 1. The number of carbonyl (C=O) groups excluding carboxylic acids is 2. The van der Waals surface area contributed by atoms with Gasteiger partial charge in [-0.15, -0.1) is 0 Å². The molecule has 0 bridgehead atoms. The van der Waals surface area contributed by atoms with Crippen LogP contribution in [0.15, 0.2) is 54.6 Å². The molecular weight excluding hydrogens is 474 g/mol. The summed E-state index contributed by atoms with van der Waals surface area (Å²) in [5, 5.41) is 4.93. The summed E-state index contributed by atoms with van der Waals surface area (Å²) in [6.07, 6.45) is -0.701. The molecule has 1 unspecified atom stereocenters. The van der Waals surface area contributed by atoms with Gasteiger partial charge in [0.1, 0.15) is 11.9 Å². The van der Waals surface area contributed by atoms with Crippen LogP contribution in [0.2, 0.25) is 5.02 Å². The Kier molecular flexibility index (Phi) is 6.88. The summed E-state index contributed by atoms with van der Waals surface area (Å²) in [4.78, 5) is 26.8. The van der Waals surface area contributed by atoms with Gasteiger partial charge in [-0.3, -0.25) is 15.0 Å². The minimum Gasteiger partial charge on any atom is -0.497 e. The molecule has 2 N–H and O–H groups in total. The van der Waals surface area contributed by atoms with Crippen molar-refractivity contribution in [3.05, 3.63) is 76.3 Å². The van der Waals surface area contributed by atoms with Crippen molar-refractivity contribution in [1.29, 1.82) is 0 Å². The molecule has 10 heteroatoms. The maximum absolute atomic E-state index is 13.5. The highest BCUT2D eigenvalue weighted by molar-refractivity contribution is 6.31. The van der Waals surface area contributed by atoms with E-state index >= 15 is 0 Å². The lowest BCUT2D eigenvalue weighted by Gasteiger charge is -2.38. The molecule has 0 saturated heterocycles. The number of hydrogen-bond donors (Lipinski definition) is 2. The quantitative estimate of drug-likeness (QED) is 0.502. The molecule has 35 heavy (non-hydrogen) atoms. The zero-order valence-corrected chi connectivity index (χ0v) is 20.3. The van der Waals surface area contributed by atoms with Gasteiger partial charge in [-0.2, -0.15) is 0 Å². The van der Waals surface area contributed by atoms with Crippen molar-refractivity contribution >= 4 is 29.1 Å². The van der Waals surface area contributed by atoms with Crippen LogP contribution < -0.4 is 29.7 Å². The number of ether oxygens (including phenoxy) is 4. The number of rotatable bonds is 7. The summed E-state index contributed by atoms with van der Waals surface area (Å²) in [7, 11) is 5.95. The number of anilines is 1. The zero-order valence-electron chi connectivity index (χ0n) is 19.5. The van der Waals surface area contributed by atoms with Crippen LogP contribution in [0, 0.1) is 0 Å². The minimum absolute atomic E-state index is 0.206. The molecule has 4 rings (SSSR count). The number of hydrogen-bond acceptors (Lipinski definition) is 7. The molecule has 0 aliphatic carbocycles. The van der Waals surface area contributed by atoms with Crippen LogP contribution in [0.3, 0.4) is 0 Å². The molecule has 9 nitrogen and oxygen atoms in total. The molecule has 1 atom stereocenters. The molecule has 1 heterocycles. The van der Waals surface area contributed by atoms with Gasteiger partial charge in [-0.25, -0.2) is 5.01 Å². The normalized spacial score (nSPS) is 14.5. The van der Waals surface area contributed by atoms with E-state index in [1.807, 2.05) is 12.1 Å². The first-order chi connectivity index (χ1) is 16.9. The second-order valence-corrected chi connectivity index (χ2v) is 7.98. The van der Waals surface area contributed by atoms with E-state index < -0.39 is 18.0 Å². The molecule has 0 spiro atoms. The lowest BCUT2D eigenvalue weighted by molar-refractivity contribution is 0.0490. The maximum Gasteiger partial charge on any atom is 0.276 e. The van der Waals surface area contributed by atoms with Crippen molar-refractivity contribution < 1.29 is 28.5 Å². The molecule has 0 aromatic heterocycles. The lowest BCUT2D eigenvalue weighted by atomic mass is 10.0. The number of carbonyl (C=O) groups is 2. The standard InChI is InChI=1S/C25H24ClN3O6/c1-32-17-8-5-14(6-9-17)23-27-19-10-7-16(26)13-18(19)25(31)29(23)28-24(30)15-11-20(33-2)22(35-4)21(12-15)34-3/h5-13,23,27H,1-4H3,(H,28,30). The molecule has 1 aliphatic rings. The Morgan fingerprint density at radius 2 is 1.57 bits per heavy atom. The summed E-state index contributed by atoms with van der Waals surface area (Å²) in [6, 6.07) is 15.1. The molecule has 0 radical (unpaired) electrons. The predicted octanol–water partition coefficient (Wildman–Crippen LogP) is 4.29. The Balaban J connectivity index is 1.73. The van der Waals surface area contributed by atoms with E-state index in [1.54, 1.807) is 37.4 Å². The van der Waals surface area contributed by atoms with Crippen molar-refractivity contribution in [2.45, 2.75) is 6.17 Å². The van der Waals surface area contributed by atoms with Gasteiger partial charge in [-0.1, -0.05) is 23.7 Å². The Morgan fingerprint density at radius 3 is 2.14 bits per heavy atom. The average Bonchev–Trinajstić information content (AvgIpc) is 2.89. The van der Waals surface area contributed by atoms with E-state index in [2.05, 4.69) is 10.7 Å². The van der Waals surface area contributed by atoms with Crippen molar-refractivity contribution in [1.82, 2.24) is 10.4 Å². The molecular formula is C25H24ClN3O6. The monoisotopic (exact) mass is 497 g/mol. The summed E-state index contributed by atoms with van der Waals surface area (Å²) in [6.45, 7) is 0. The molecule has 2 amide bonds. The number of hydrazine groups is 1. The van der Waals surface area contributed by atoms with Gasteiger partial charge in [-0.05, 0) is 48.0 Å². The fraction of sp³-hybridized carbons (Fsp3) is 0.200. The van der Waals surface area contributed by atoms with Crippen LogP contribution >= 0.6 is 11.6 Å². The van der Waals surface area contributed by atoms with Crippen molar-refractivity contribution in [2.75, 3.05) is 33.8 Å². The maximum atomic E-state index is 13.5. The molecule has 0 saturated carbocycles. The van der Waals surface area contributed by atoms with E-state index in [0.717, 1.165) is 5.56 Å². The zero-order chi connectivity index (χ0) is 25.1. The fourth-order valence-electron chi connectivity index (χ4n) is 3.80. The van der Waals surface area contributed by atoms with Crippen LogP contribution in [0.4, 0.5) is 5.69 Å². The van der Waals surface area contributed by atoms with Crippen LogP contribution in [0.5, 0.6) is 23.0 Å². The minimum atomic E-state index is -0.701. The van der Waals surface area contributed by atoms with Crippen molar-refractivity contribution in [3.8, 4) is 23.0 Å². The SMILES string of the molecule is COc1ccc(C2Nc3ccc(Cl)cc3C(=O)N2NC(=O)c2cc(OC)c(OC)c(OC)c2)cc1. The number of nitrogens with one attached hydrogen (secondary N) is 2. The second kappa shape index (κ2) is 10.0. The van der Waals surface area contributed by atoms with E-state index in [4.69, 9.17) is 30.5 Å². The third-order valence-electron chi connectivity index (χ3n) is 5.56. The van der Waals surface area contributed by atoms with Crippen LogP contribution in [0.25, 0.3) is 0 Å². The van der Waals surface area contributed by atoms with Gasteiger partial charge in [0.15, 0.2) is 11.5 Å².